The standard InChI is InChI=1S/C23H28N2O3/c1-15-8-9-18(26)20-19(15)23-12-13-25(2)14-22(23,27)11-10-17(21(23)28-20)24-16-6-4-3-5-7-16/h3-9,17,21,24,26-27H,10-14H2,1-2H3/t17-,21-,22+,23-/m0/s1. The molecule has 2 heterocycles. The second kappa shape index (κ2) is 6.13. The van der Waals surface area contributed by atoms with E-state index < -0.39 is 11.0 Å². The Morgan fingerprint density at radius 2 is 1.93 bits per heavy atom. The van der Waals surface area contributed by atoms with Gasteiger partial charge in [-0.1, -0.05) is 24.3 Å². The van der Waals surface area contributed by atoms with E-state index in [1.807, 2.05) is 24.3 Å². The highest BCUT2D eigenvalue weighted by Crippen LogP contribution is 2.61. The van der Waals surface area contributed by atoms with Gasteiger partial charge < -0.3 is 25.2 Å². The van der Waals surface area contributed by atoms with E-state index in [2.05, 4.69) is 36.3 Å². The van der Waals surface area contributed by atoms with Crippen LogP contribution >= 0.6 is 0 Å². The van der Waals surface area contributed by atoms with Crippen molar-refractivity contribution in [1.82, 2.24) is 4.90 Å². The first-order valence-corrected chi connectivity index (χ1v) is 10.2. The number of likely N-dealkylation sites (N-methyl/N-ethyl adjacent to an activating group) is 1. The number of nitrogens with one attached hydrogen (secondary N) is 1. The van der Waals surface area contributed by atoms with E-state index in [4.69, 9.17) is 4.74 Å². The van der Waals surface area contributed by atoms with Gasteiger partial charge in [0.15, 0.2) is 11.5 Å². The summed E-state index contributed by atoms with van der Waals surface area (Å²) >= 11 is 0. The minimum atomic E-state index is -0.872. The van der Waals surface area contributed by atoms with Crippen molar-refractivity contribution in [2.45, 2.75) is 49.3 Å². The number of hydrogen-bond donors (Lipinski definition) is 3. The highest BCUT2D eigenvalue weighted by molar-refractivity contribution is 5.60. The molecule has 1 saturated heterocycles. The molecule has 0 bridgehead atoms. The zero-order chi connectivity index (χ0) is 19.5. The Bertz CT molecular complexity index is 902. The lowest BCUT2D eigenvalue weighted by atomic mass is 9.54. The lowest BCUT2D eigenvalue weighted by Crippen LogP contribution is -2.71. The normalized spacial score (nSPS) is 34.1. The van der Waals surface area contributed by atoms with Gasteiger partial charge in [0.25, 0.3) is 0 Å². The molecule has 0 amide bonds. The third-order valence-electron chi connectivity index (χ3n) is 7.13. The molecule has 5 rings (SSSR count). The number of aliphatic hydroxyl groups is 1. The molecule has 1 spiro atoms. The van der Waals surface area contributed by atoms with Crippen LogP contribution in [-0.2, 0) is 5.41 Å². The van der Waals surface area contributed by atoms with Crippen LogP contribution in [0.2, 0.25) is 0 Å². The Balaban J connectivity index is 1.64. The van der Waals surface area contributed by atoms with Crippen LogP contribution < -0.4 is 10.1 Å². The number of β-amino-alcohol motifs (C(OH)–C–C–N with tert-alkyl or cyclic N) is 1. The van der Waals surface area contributed by atoms with E-state index in [1.54, 1.807) is 6.07 Å². The summed E-state index contributed by atoms with van der Waals surface area (Å²) in [6.07, 6.45) is 2.12. The van der Waals surface area contributed by atoms with Crippen LogP contribution in [0, 0.1) is 6.92 Å². The van der Waals surface area contributed by atoms with Crippen molar-refractivity contribution in [1.29, 1.82) is 0 Å². The highest BCUT2D eigenvalue weighted by atomic mass is 16.5. The average molecular weight is 380 g/mol. The van der Waals surface area contributed by atoms with Crippen molar-refractivity contribution < 1.29 is 14.9 Å². The Morgan fingerprint density at radius 1 is 1.14 bits per heavy atom. The minimum absolute atomic E-state index is 0.0669. The zero-order valence-corrected chi connectivity index (χ0v) is 16.5. The van der Waals surface area contributed by atoms with E-state index in [1.165, 1.54) is 0 Å². The summed E-state index contributed by atoms with van der Waals surface area (Å²) < 4.78 is 6.48. The monoisotopic (exact) mass is 380 g/mol. The summed E-state index contributed by atoms with van der Waals surface area (Å²) in [4.78, 5) is 2.21. The van der Waals surface area contributed by atoms with Gasteiger partial charge in [-0.2, -0.15) is 0 Å². The van der Waals surface area contributed by atoms with Gasteiger partial charge in [0.2, 0.25) is 0 Å². The topological polar surface area (TPSA) is 65.0 Å². The third-order valence-corrected chi connectivity index (χ3v) is 7.13. The molecule has 1 saturated carbocycles. The van der Waals surface area contributed by atoms with Crippen LogP contribution in [0.3, 0.4) is 0 Å². The number of rotatable bonds is 2. The molecule has 2 fully saturated rings. The number of likely N-dealkylation sites (tertiary alicyclic amines) is 1. The summed E-state index contributed by atoms with van der Waals surface area (Å²) in [5.74, 6) is 0.735. The van der Waals surface area contributed by atoms with Gasteiger partial charge in [-0.25, -0.2) is 0 Å². The van der Waals surface area contributed by atoms with Crippen molar-refractivity contribution in [3.05, 3.63) is 53.6 Å². The molecular weight excluding hydrogens is 352 g/mol. The van der Waals surface area contributed by atoms with Crippen LogP contribution in [-0.4, -0.2) is 53.0 Å². The van der Waals surface area contributed by atoms with Crippen molar-refractivity contribution >= 4 is 5.69 Å². The van der Waals surface area contributed by atoms with Gasteiger partial charge in [0.05, 0.1) is 17.1 Å². The lowest BCUT2D eigenvalue weighted by Gasteiger charge is -2.58. The quantitative estimate of drug-likeness (QED) is 0.747. The molecule has 2 aliphatic heterocycles. The summed E-state index contributed by atoms with van der Waals surface area (Å²) in [7, 11) is 2.07. The Kier molecular flexibility index (Phi) is 3.90. The zero-order valence-electron chi connectivity index (χ0n) is 16.5. The molecule has 1 aliphatic carbocycles. The van der Waals surface area contributed by atoms with Gasteiger partial charge in [0, 0.05) is 17.8 Å². The second-order valence-electron chi connectivity index (χ2n) is 8.79. The number of hydrogen-bond acceptors (Lipinski definition) is 5. The fourth-order valence-corrected chi connectivity index (χ4v) is 5.91. The van der Waals surface area contributed by atoms with E-state index >= 15 is 0 Å². The Labute approximate surface area is 165 Å². The summed E-state index contributed by atoms with van der Waals surface area (Å²) in [5.41, 5.74) is 1.76. The number of piperidine rings is 1. The van der Waals surface area contributed by atoms with E-state index in [9.17, 15) is 10.2 Å². The SMILES string of the molecule is Cc1ccc(O)c2c1[C@]13CCN(C)C[C@]1(O)CC[C@H](Nc1ccccc1)[C@@H]3O2. The number of phenolic OH excluding ortho intramolecular Hbond substituents is 1. The van der Waals surface area contributed by atoms with E-state index in [0.717, 1.165) is 36.2 Å². The van der Waals surface area contributed by atoms with E-state index in [0.29, 0.717) is 18.7 Å². The van der Waals surface area contributed by atoms with Crippen molar-refractivity contribution in [2.75, 3.05) is 25.5 Å². The van der Waals surface area contributed by atoms with Crippen molar-refractivity contribution in [3.8, 4) is 11.5 Å². The summed E-state index contributed by atoms with van der Waals surface area (Å²) in [6, 6.07) is 13.9. The van der Waals surface area contributed by atoms with Crippen LogP contribution in [0.4, 0.5) is 5.69 Å². The maximum atomic E-state index is 11.9. The number of phenols is 1. The minimum Gasteiger partial charge on any atom is -0.504 e. The maximum Gasteiger partial charge on any atom is 0.165 e. The molecule has 0 radical (unpaired) electrons. The molecule has 28 heavy (non-hydrogen) atoms. The highest BCUT2D eigenvalue weighted by Gasteiger charge is 2.67. The Hall–Kier alpha value is -2.24. The van der Waals surface area contributed by atoms with E-state index in [-0.39, 0.29) is 17.9 Å². The number of anilines is 1. The van der Waals surface area contributed by atoms with Gasteiger partial charge >= 0.3 is 0 Å². The van der Waals surface area contributed by atoms with Gasteiger partial charge in [0.1, 0.15) is 6.10 Å². The molecular formula is C23H28N2O3. The molecule has 2 aromatic rings. The molecule has 3 N–H and O–H groups in total. The summed E-state index contributed by atoms with van der Waals surface area (Å²) in [6.45, 7) is 3.58. The number of fused-ring (bicyclic) bond motifs is 1. The number of benzene rings is 2. The maximum absolute atomic E-state index is 11.9. The first kappa shape index (κ1) is 17.8. The number of aromatic hydroxyl groups is 1. The van der Waals surface area contributed by atoms with Gasteiger partial charge in [-0.15, -0.1) is 0 Å². The van der Waals surface area contributed by atoms with Gasteiger partial charge in [-0.3, -0.25) is 0 Å². The molecule has 5 heteroatoms. The van der Waals surface area contributed by atoms with Crippen molar-refractivity contribution in [3.63, 3.8) is 0 Å². The molecule has 5 nitrogen and oxygen atoms in total. The molecule has 0 aromatic heterocycles. The largest absolute Gasteiger partial charge is 0.504 e. The molecule has 2 aromatic carbocycles. The number of ether oxygens (including phenoxy) is 1. The summed E-state index contributed by atoms with van der Waals surface area (Å²) in [5, 5.41) is 26.2. The molecule has 3 aliphatic rings. The third kappa shape index (κ3) is 2.32. The first-order valence-electron chi connectivity index (χ1n) is 10.2. The predicted molar refractivity (Wildman–Crippen MR) is 109 cm³/mol. The van der Waals surface area contributed by atoms with Crippen LogP contribution in [0.5, 0.6) is 11.5 Å². The second-order valence-corrected chi connectivity index (χ2v) is 8.79. The lowest BCUT2D eigenvalue weighted by molar-refractivity contribution is -0.145. The van der Waals surface area contributed by atoms with Crippen LogP contribution in [0.15, 0.2) is 42.5 Å². The molecule has 148 valence electrons. The number of para-hydroxylation sites is 1. The fraction of sp³-hybridized carbons (Fsp3) is 0.478. The smallest absolute Gasteiger partial charge is 0.165 e. The molecule has 0 unspecified atom stereocenters. The predicted octanol–water partition coefficient (Wildman–Crippen LogP) is 3.04. The first-order chi connectivity index (χ1) is 13.4. The van der Waals surface area contributed by atoms with Gasteiger partial charge in [-0.05, 0) is 63.5 Å². The average Bonchev–Trinajstić information content (AvgIpc) is 3.04. The Morgan fingerprint density at radius 3 is 2.71 bits per heavy atom. The number of nitrogens with zero attached hydrogens (tertiary/aromatic N) is 1. The fourth-order valence-electron chi connectivity index (χ4n) is 5.91. The number of aryl methyl sites for hydroxylation is 1. The van der Waals surface area contributed by atoms with Crippen molar-refractivity contribution in [2.24, 2.45) is 0 Å². The molecule has 4 atom stereocenters. The van der Waals surface area contributed by atoms with Crippen LogP contribution in [0.1, 0.15) is 30.4 Å². The van der Waals surface area contributed by atoms with Crippen LogP contribution in [0.25, 0.3) is 0 Å².